The molecule has 0 saturated carbocycles. The largest absolute Gasteiger partial charge is 0.205 e. The Hall–Kier alpha value is -1.83. The highest BCUT2D eigenvalue weighted by Crippen LogP contribution is 2.30. The summed E-state index contributed by atoms with van der Waals surface area (Å²) in [6, 6.07) is 15.6. The Balaban J connectivity index is 0.000000215. The van der Waals surface area contributed by atoms with E-state index in [1.807, 2.05) is 19.1 Å². The van der Waals surface area contributed by atoms with Crippen LogP contribution >= 0.6 is 23.2 Å². The lowest BCUT2D eigenvalue weighted by atomic mass is 9.96. The third-order valence-electron chi connectivity index (χ3n) is 5.32. The van der Waals surface area contributed by atoms with E-state index >= 15 is 0 Å². The number of hydrogen-bond acceptors (Lipinski definition) is 0. The summed E-state index contributed by atoms with van der Waals surface area (Å²) in [6.07, 6.45) is 2.99. The van der Waals surface area contributed by atoms with Gasteiger partial charge in [-0.05, 0) is 53.5 Å². The van der Waals surface area contributed by atoms with Crippen molar-refractivity contribution in [1.29, 1.82) is 0 Å². The number of fused-ring (bicyclic) bond motifs is 1. The van der Waals surface area contributed by atoms with Gasteiger partial charge in [0.25, 0.3) is 0 Å². The van der Waals surface area contributed by atoms with Crippen molar-refractivity contribution in [3.8, 4) is 0 Å². The van der Waals surface area contributed by atoms with Crippen molar-refractivity contribution in [3.63, 3.8) is 0 Å². The Kier molecular flexibility index (Phi) is 8.94. The van der Waals surface area contributed by atoms with Gasteiger partial charge < -0.3 is 0 Å². The first-order valence-electron chi connectivity index (χ1n) is 10.5. The standard InChI is InChI=1S/C14H18ClF.C13H13Cl/c1-5-6-11-7-8-12(16)14(15)13(11)10(4)9(2)3;1-9(2)11-7-3-5-10-6-4-8-12(14)13(10)11/h6-9H,5H2,1-4H3;3-9H,1-2H3/b11-6-,13-10-;. The maximum atomic E-state index is 13.5. The second-order valence-corrected chi connectivity index (χ2v) is 8.90. The molecule has 0 unspecified atom stereocenters. The van der Waals surface area contributed by atoms with Gasteiger partial charge in [0.15, 0.2) is 0 Å². The highest BCUT2D eigenvalue weighted by atomic mass is 35.5. The molecule has 0 atom stereocenters. The first kappa shape index (κ1) is 24.4. The van der Waals surface area contributed by atoms with Crippen molar-refractivity contribution in [2.75, 3.05) is 0 Å². The molecule has 0 aliphatic carbocycles. The fraction of sp³-hybridized carbons (Fsp3) is 0.333. The minimum atomic E-state index is -0.343. The highest BCUT2D eigenvalue weighted by Gasteiger charge is 2.08. The van der Waals surface area contributed by atoms with Crippen LogP contribution in [-0.2, 0) is 0 Å². The third-order valence-corrected chi connectivity index (χ3v) is 6.00. The Morgan fingerprint density at radius 3 is 2.17 bits per heavy atom. The minimum Gasteiger partial charge on any atom is -0.205 e. The maximum Gasteiger partial charge on any atom is 0.142 e. The number of benzene rings is 3. The first-order chi connectivity index (χ1) is 14.2. The lowest BCUT2D eigenvalue weighted by Gasteiger charge is -2.10. The van der Waals surface area contributed by atoms with E-state index in [4.69, 9.17) is 23.2 Å². The van der Waals surface area contributed by atoms with Gasteiger partial charge in [0, 0.05) is 15.6 Å². The third kappa shape index (κ3) is 5.65. The highest BCUT2D eigenvalue weighted by molar-refractivity contribution is 6.35. The minimum absolute atomic E-state index is 0.244. The molecule has 0 saturated heterocycles. The molecule has 0 fully saturated rings. The van der Waals surface area contributed by atoms with Gasteiger partial charge in [0.1, 0.15) is 5.82 Å². The zero-order valence-electron chi connectivity index (χ0n) is 18.7. The molecular weight excluding hydrogens is 414 g/mol. The van der Waals surface area contributed by atoms with E-state index in [1.54, 1.807) is 6.07 Å². The predicted molar refractivity (Wildman–Crippen MR) is 132 cm³/mol. The van der Waals surface area contributed by atoms with Gasteiger partial charge in [0.2, 0.25) is 0 Å². The fourth-order valence-electron chi connectivity index (χ4n) is 3.45. The van der Waals surface area contributed by atoms with Crippen LogP contribution in [0.2, 0.25) is 10.0 Å². The molecule has 0 aliphatic heterocycles. The molecule has 3 aromatic rings. The lowest BCUT2D eigenvalue weighted by Crippen LogP contribution is -2.29. The monoisotopic (exact) mass is 444 g/mol. The smallest absolute Gasteiger partial charge is 0.142 e. The molecular formula is C27H31Cl2F. The van der Waals surface area contributed by atoms with Gasteiger partial charge in [-0.3, -0.25) is 0 Å². The molecule has 0 nitrogen and oxygen atoms in total. The molecule has 0 N–H and O–H groups in total. The summed E-state index contributed by atoms with van der Waals surface area (Å²) >= 11 is 12.3. The van der Waals surface area contributed by atoms with E-state index in [0.717, 1.165) is 27.5 Å². The summed E-state index contributed by atoms with van der Waals surface area (Å²) in [6.45, 7) is 12.6. The van der Waals surface area contributed by atoms with E-state index in [0.29, 0.717) is 11.8 Å². The quantitative estimate of drug-likeness (QED) is 0.382. The molecule has 3 heteroatoms. The van der Waals surface area contributed by atoms with Gasteiger partial charge in [-0.2, -0.15) is 0 Å². The second-order valence-electron chi connectivity index (χ2n) is 8.12. The van der Waals surface area contributed by atoms with Crippen LogP contribution in [0.15, 0.2) is 48.5 Å². The normalized spacial score (nSPS) is 13.0. The van der Waals surface area contributed by atoms with Crippen LogP contribution in [-0.4, -0.2) is 0 Å². The topological polar surface area (TPSA) is 0 Å². The molecule has 30 heavy (non-hydrogen) atoms. The van der Waals surface area contributed by atoms with E-state index in [1.165, 1.54) is 22.4 Å². The Morgan fingerprint density at radius 2 is 1.60 bits per heavy atom. The summed E-state index contributed by atoms with van der Waals surface area (Å²) in [5.74, 6) is 0.534. The average molecular weight is 445 g/mol. The van der Waals surface area contributed by atoms with Gasteiger partial charge in [-0.15, -0.1) is 0 Å². The Labute approximate surface area is 190 Å². The van der Waals surface area contributed by atoms with Crippen molar-refractivity contribution in [1.82, 2.24) is 0 Å². The number of rotatable bonds is 3. The van der Waals surface area contributed by atoms with Crippen LogP contribution in [0.1, 0.15) is 59.4 Å². The van der Waals surface area contributed by atoms with Crippen molar-refractivity contribution in [2.24, 2.45) is 5.92 Å². The zero-order chi connectivity index (χ0) is 22.4. The summed E-state index contributed by atoms with van der Waals surface area (Å²) in [5.41, 5.74) is 2.46. The zero-order valence-corrected chi connectivity index (χ0v) is 20.2. The van der Waals surface area contributed by atoms with Gasteiger partial charge in [-0.1, -0.05) is 106 Å². The van der Waals surface area contributed by atoms with Crippen LogP contribution in [0.4, 0.5) is 4.39 Å². The van der Waals surface area contributed by atoms with Gasteiger partial charge >= 0.3 is 0 Å². The molecule has 3 rings (SSSR count). The molecule has 3 aromatic carbocycles. The number of halogens is 3. The van der Waals surface area contributed by atoms with Crippen molar-refractivity contribution < 1.29 is 4.39 Å². The molecule has 160 valence electrons. The lowest BCUT2D eigenvalue weighted by molar-refractivity contribution is 0.626. The summed E-state index contributed by atoms with van der Waals surface area (Å²) in [5, 5.41) is 5.41. The van der Waals surface area contributed by atoms with Crippen LogP contribution in [0.5, 0.6) is 0 Å². The summed E-state index contributed by atoms with van der Waals surface area (Å²) in [4.78, 5) is 0. The van der Waals surface area contributed by atoms with Gasteiger partial charge in [-0.25, -0.2) is 4.39 Å². The molecule has 0 heterocycles. The Bertz CT molecular complexity index is 1120. The second kappa shape index (κ2) is 11.0. The maximum absolute atomic E-state index is 13.5. The van der Waals surface area contributed by atoms with Crippen LogP contribution in [0.25, 0.3) is 22.4 Å². The number of hydrogen-bond donors (Lipinski definition) is 0. The van der Waals surface area contributed by atoms with E-state index in [9.17, 15) is 4.39 Å². The molecule has 0 aromatic heterocycles. The van der Waals surface area contributed by atoms with E-state index in [2.05, 4.69) is 65.0 Å². The molecule has 0 bridgehead atoms. The SMILES string of the molecule is CC(C)c1cccc2cccc(Cl)c12.CC/C=c1/ccc(F)c(Cl)/c1=C(/C)C(C)C. The summed E-state index contributed by atoms with van der Waals surface area (Å²) < 4.78 is 13.5. The van der Waals surface area contributed by atoms with Crippen molar-refractivity contribution in [2.45, 2.75) is 53.9 Å². The van der Waals surface area contributed by atoms with Gasteiger partial charge in [0.05, 0.1) is 5.02 Å². The Morgan fingerprint density at radius 1 is 0.967 bits per heavy atom. The van der Waals surface area contributed by atoms with Crippen LogP contribution in [0.3, 0.4) is 0 Å². The van der Waals surface area contributed by atoms with Crippen molar-refractivity contribution >= 4 is 45.6 Å². The van der Waals surface area contributed by atoms with E-state index in [-0.39, 0.29) is 10.8 Å². The average Bonchev–Trinajstić information content (AvgIpc) is 2.71. The molecule has 0 spiro atoms. The van der Waals surface area contributed by atoms with Crippen LogP contribution in [0, 0.1) is 11.7 Å². The fourth-order valence-corrected chi connectivity index (χ4v) is 4.06. The molecule has 0 amide bonds. The summed E-state index contributed by atoms with van der Waals surface area (Å²) in [7, 11) is 0. The predicted octanol–water partition coefficient (Wildman–Crippen LogP) is 8.11. The first-order valence-corrected chi connectivity index (χ1v) is 11.3. The van der Waals surface area contributed by atoms with Crippen LogP contribution < -0.4 is 10.4 Å². The molecule has 0 aliphatic rings. The van der Waals surface area contributed by atoms with Crippen molar-refractivity contribution in [3.05, 3.63) is 80.4 Å². The van der Waals surface area contributed by atoms with E-state index < -0.39 is 0 Å². The molecule has 0 radical (unpaired) electrons.